The quantitative estimate of drug-likeness (QED) is 0.611. The molecular formula is C26H32N2O6S. The molecule has 0 aromatic heterocycles. The minimum Gasteiger partial charge on any atom is -0.487 e. The molecule has 8 nitrogen and oxygen atoms in total. The Morgan fingerprint density at radius 1 is 1.29 bits per heavy atom. The number of likely N-dealkylation sites (N-methyl/N-ethyl adjacent to an activating group) is 1. The Kier molecular flexibility index (Phi) is 8.92. The number of hydrogen-bond donors (Lipinski definition) is 1. The van der Waals surface area contributed by atoms with Crippen LogP contribution in [0, 0.1) is 17.8 Å². The average molecular weight is 501 g/mol. The van der Waals surface area contributed by atoms with E-state index in [0.29, 0.717) is 11.1 Å². The maximum Gasteiger partial charge on any atom is 0.253 e. The Labute approximate surface area is 207 Å². The summed E-state index contributed by atoms with van der Waals surface area (Å²) in [6, 6.07) is 13.0. The van der Waals surface area contributed by atoms with Crippen molar-refractivity contribution < 1.29 is 27.8 Å². The van der Waals surface area contributed by atoms with E-state index in [4.69, 9.17) is 9.47 Å². The van der Waals surface area contributed by atoms with E-state index >= 15 is 0 Å². The number of aliphatic hydroxyl groups is 1. The molecule has 0 fully saturated rings. The molecule has 0 saturated heterocycles. The number of ether oxygens (including phenoxy) is 2. The van der Waals surface area contributed by atoms with Crippen molar-refractivity contribution in [1.29, 1.82) is 0 Å². The van der Waals surface area contributed by atoms with Crippen LogP contribution in [0.15, 0.2) is 53.4 Å². The number of hydrogen-bond acceptors (Lipinski definition) is 6. The first kappa shape index (κ1) is 26.7. The summed E-state index contributed by atoms with van der Waals surface area (Å²) in [6.45, 7) is 3.85. The van der Waals surface area contributed by atoms with Crippen LogP contribution in [0.1, 0.15) is 29.8 Å². The van der Waals surface area contributed by atoms with E-state index in [9.17, 15) is 18.3 Å². The van der Waals surface area contributed by atoms with Crippen LogP contribution in [0.2, 0.25) is 0 Å². The Bertz CT molecular complexity index is 1190. The third-order valence-corrected chi connectivity index (χ3v) is 7.96. The molecule has 1 heterocycles. The number of fused-ring (bicyclic) bond motifs is 1. The number of carbonyl (C=O) groups is 1. The normalized spacial score (nSPS) is 20.3. The molecule has 0 aliphatic carbocycles. The molecule has 9 heteroatoms. The van der Waals surface area contributed by atoms with Gasteiger partial charge in [-0.05, 0) is 37.3 Å². The van der Waals surface area contributed by atoms with Crippen LogP contribution in [0.5, 0.6) is 5.75 Å². The first-order chi connectivity index (χ1) is 16.7. The number of nitrogens with zero attached hydrogens (tertiary/aromatic N) is 2. The van der Waals surface area contributed by atoms with Gasteiger partial charge in [-0.25, -0.2) is 8.42 Å². The molecule has 0 unspecified atom stereocenters. The number of methoxy groups -OCH3 is 1. The molecule has 1 amide bonds. The molecule has 0 spiro atoms. The summed E-state index contributed by atoms with van der Waals surface area (Å²) in [5.41, 5.74) is 1.14. The summed E-state index contributed by atoms with van der Waals surface area (Å²) in [6.07, 6.45) is -0.502. The van der Waals surface area contributed by atoms with Crippen LogP contribution in [0.4, 0.5) is 0 Å². The van der Waals surface area contributed by atoms with Gasteiger partial charge >= 0.3 is 0 Å². The number of benzene rings is 2. The second-order valence-electron chi connectivity index (χ2n) is 8.69. The molecule has 1 N–H and O–H groups in total. The van der Waals surface area contributed by atoms with Gasteiger partial charge in [0.05, 0.1) is 13.2 Å². The number of sulfonamides is 1. The first-order valence-electron chi connectivity index (χ1n) is 11.4. The van der Waals surface area contributed by atoms with Crippen molar-refractivity contribution in [2.24, 2.45) is 5.92 Å². The molecule has 2 aromatic rings. The highest BCUT2D eigenvalue weighted by atomic mass is 32.2. The van der Waals surface area contributed by atoms with Crippen LogP contribution in [-0.2, 0) is 14.8 Å². The van der Waals surface area contributed by atoms with Gasteiger partial charge in [-0.2, -0.15) is 4.31 Å². The highest BCUT2D eigenvalue weighted by Gasteiger charge is 2.38. The SMILES string of the molecule is COCC#Cc1ccc2c(c1)O[C@@H](CN(C)C(=O)c1ccccc1)[C@@H](C)CN([C@@H](C)CO)S2(=O)=O. The summed E-state index contributed by atoms with van der Waals surface area (Å²) in [5.74, 6) is 5.53. The molecule has 3 rings (SSSR count). The van der Waals surface area contributed by atoms with Crippen molar-refractivity contribution in [3.63, 3.8) is 0 Å². The molecule has 3 atom stereocenters. The first-order valence-corrected chi connectivity index (χ1v) is 12.8. The Hall–Kier alpha value is -2.90. The fourth-order valence-electron chi connectivity index (χ4n) is 3.89. The van der Waals surface area contributed by atoms with Crippen molar-refractivity contribution in [2.45, 2.75) is 30.9 Å². The molecule has 35 heavy (non-hydrogen) atoms. The number of carbonyl (C=O) groups excluding carboxylic acids is 1. The largest absolute Gasteiger partial charge is 0.487 e. The van der Waals surface area contributed by atoms with Crippen molar-refractivity contribution in [2.75, 3.05) is 40.5 Å². The number of rotatable bonds is 6. The van der Waals surface area contributed by atoms with Gasteiger partial charge in [0.25, 0.3) is 5.91 Å². The lowest BCUT2D eigenvalue weighted by atomic mass is 10.0. The van der Waals surface area contributed by atoms with Crippen LogP contribution in [0.3, 0.4) is 0 Å². The third-order valence-electron chi connectivity index (χ3n) is 5.94. The van der Waals surface area contributed by atoms with E-state index in [1.165, 1.54) is 10.4 Å². The van der Waals surface area contributed by atoms with Crippen LogP contribution in [-0.4, -0.2) is 81.2 Å². The van der Waals surface area contributed by atoms with Gasteiger partial charge in [0.2, 0.25) is 10.0 Å². The molecule has 0 radical (unpaired) electrons. The second kappa shape index (κ2) is 11.7. The lowest BCUT2D eigenvalue weighted by Gasteiger charge is -2.37. The molecule has 0 bridgehead atoms. The van der Waals surface area contributed by atoms with Gasteiger partial charge in [-0.15, -0.1) is 0 Å². The highest BCUT2D eigenvalue weighted by Crippen LogP contribution is 2.34. The molecule has 188 valence electrons. The van der Waals surface area contributed by atoms with E-state index < -0.39 is 22.2 Å². The van der Waals surface area contributed by atoms with Crippen molar-refractivity contribution in [3.8, 4) is 17.6 Å². The van der Waals surface area contributed by atoms with E-state index in [0.717, 1.165) is 0 Å². The maximum absolute atomic E-state index is 13.5. The third kappa shape index (κ3) is 6.21. The van der Waals surface area contributed by atoms with Gasteiger partial charge in [-0.1, -0.05) is 37.0 Å². The van der Waals surface area contributed by atoms with E-state index in [2.05, 4.69) is 11.8 Å². The molecule has 1 aliphatic rings. The van der Waals surface area contributed by atoms with Gasteiger partial charge in [-0.3, -0.25) is 4.79 Å². The fraction of sp³-hybridized carbons (Fsp3) is 0.423. The topological polar surface area (TPSA) is 96.4 Å². The zero-order chi connectivity index (χ0) is 25.6. The Balaban J connectivity index is 2.01. The smallest absolute Gasteiger partial charge is 0.253 e. The molecular weight excluding hydrogens is 468 g/mol. The van der Waals surface area contributed by atoms with Gasteiger partial charge in [0.15, 0.2) is 0 Å². The zero-order valence-electron chi connectivity index (χ0n) is 20.5. The predicted molar refractivity (Wildman–Crippen MR) is 133 cm³/mol. The van der Waals surface area contributed by atoms with Crippen LogP contribution < -0.4 is 4.74 Å². The van der Waals surface area contributed by atoms with Crippen molar-refractivity contribution >= 4 is 15.9 Å². The summed E-state index contributed by atoms with van der Waals surface area (Å²) < 4.78 is 39.6. The van der Waals surface area contributed by atoms with Gasteiger partial charge in [0, 0.05) is 43.8 Å². The summed E-state index contributed by atoms with van der Waals surface area (Å²) in [4.78, 5) is 14.5. The standard InChI is InChI=1S/C26H32N2O6S/c1-19-16-28(20(2)18-29)35(31,32)25-13-12-21(9-8-14-33-4)15-23(25)34-24(19)17-27(3)26(30)22-10-6-5-7-11-22/h5-7,10-13,15,19-20,24,29H,14,16-18H2,1-4H3/t19-,20-,24-/m0/s1. The zero-order valence-corrected chi connectivity index (χ0v) is 21.3. The van der Waals surface area contributed by atoms with Crippen molar-refractivity contribution in [1.82, 2.24) is 9.21 Å². The molecule has 0 saturated carbocycles. The van der Waals surface area contributed by atoms with Crippen molar-refractivity contribution in [3.05, 3.63) is 59.7 Å². The lowest BCUT2D eigenvalue weighted by Crippen LogP contribution is -2.50. The Morgan fingerprint density at radius 3 is 2.66 bits per heavy atom. The van der Waals surface area contributed by atoms with Crippen LogP contribution >= 0.6 is 0 Å². The monoisotopic (exact) mass is 500 g/mol. The number of aliphatic hydroxyl groups excluding tert-OH is 1. The minimum absolute atomic E-state index is 0.00373. The van der Waals surface area contributed by atoms with Gasteiger partial charge < -0.3 is 19.5 Å². The summed E-state index contributed by atoms with van der Waals surface area (Å²) in [7, 11) is -0.705. The summed E-state index contributed by atoms with van der Waals surface area (Å²) >= 11 is 0. The van der Waals surface area contributed by atoms with Crippen LogP contribution in [0.25, 0.3) is 0 Å². The van der Waals surface area contributed by atoms with E-state index in [-0.39, 0.29) is 48.8 Å². The van der Waals surface area contributed by atoms with E-state index in [1.807, 2.05) is 13.0 Å². The lowest BCUT2D eigenvalue weighted by molar-refractivity contribution is 0.0563. The molecule has 2 aromatic carbocycles. The summed E-state index contributed by atoms with van der Waals surface area (Å²) in [5, 5.41) is 9.77. The maximum atomic E-state index is 13.5. The average Bonchev–Trinajstić information content (AvgIpc) is 2.85. The Morgan fingerprint density at radius 2 is 2.00 bits per heavy atom. The second-order valence-corrected chi connectivity index (χ2v) is 10.5. The minimum atomic E-state index is -3.95. The van der Waals surface area contributed by atoms with Gasteiger partial charge in [0.1, 0.15) is 23.4 Å². The number of amides is 1. The predicted octanol–water partition coefficient (Wildman–Crippen LogP) is 2.23. The highest BCUT2D eigenvalue weighted by molar-refractivity contribution is 7.89. The van der Waals surface area contributed by atoms with E-state index in [1.54, 1.807) is 62.4 Å². The molecule has 1 aliphatic heterocycles. The fourth-order valence-corrected chi connectivity index (χ4v) is 5.71.